The normalized spacial score (nSPS) is 20.3. The first-order valence-corrected chi connectivity index (χ1v) is 12.0. The number of hydrogen-bond acceptors (Lipinski definition) is 8. The second-order valence-corrected chi connectivity index (χ2v) is 9.60. The zero-order valence-corrected chi connectivity index (χ0v) is 20.1. The molecule has 0 N–H and O–H groups in total. The fourth-order valence-electron chi connectivity index (χ4n) is 4.25. The maximum atomic E-state index is 12.9. The lowest BCUT2D eigenvalue weighted by Gasteiger charge is -2.40. The molecule has 0 radical (unpaired) electrons. The predicted octanol–water partition coefficient (Wildman–Crippen LogP) is 2.15. The van der Waals surface area contributed by atoms with E-state index in [0.29, 0.717) is 49.5 Å². The number of halogens is 2. The average Bonchev–Trinajstić information content (AvgIpc) is 3.61. The van der Waals surface area contributed by atoms with E-state index in [-0.39, 0.29) is 23.6 Å². The standard InChI is InChI=1S/C24H28F2N6O4/c1-24(25,26)14-35-20-6-5-18(11-27-20)36-19-7-8-32(22(19)34)17-9-28-23(29-10-17)31-12-15(13-31)21(33)30(2)16-3-4-16/h5-6,9-11,15-16,19H,3-4,7-8,12-14H2,1-2H3/t19-/m1/s1. The number of ether oxygens (including phenoxy) is 2. The van der Waals surface area contributed by atoms with Gasteiger partial charge in [-0.1, -0.05) is 0 Å². The van der Waals surface area contributed by atoms with Gasteiger partial charge in [0.15, 0.2) is 12.7 Å². The third-order valence-electron chi connectivity index (χ3n) is 6.51. The fraction of sp³-hybridized carbons (Fsp3) is 0.542. The van der Waals surface area contributed by atoms with Crippen LogP contribution in [0.1, 0.15) is 26.2 Å². The van der Waals surface area contributed by atoms with E-state index in [4.69, 9.17) is 9.47 Å². The molecule has 0 bridgehead atoms. The van der Waals surface area contributed by atoms with E-state index in [2.05, 4.69) is 15.0 Å². The van der Waals surface area contributed by atoms with Gasteiger partial charge in [-0.25, -0.2) is 23.7 Å². The SMILES string of the molecule is CN(C(=O)C1CN(c2ncc(N3CC[C@@H](Oc4ccc(OCC(C)(F)F)nc4)C3=O)cn2)C1)C1CC1. The van der Waals surface area contributed by atoms with Crippen LogP contribution in [0.2, 0.25) is 0 Å². The van der Waals surface area contributed by atoms with Gasteiger partial charge in [0.05, 0.1) is 30.2 Å². The molecule has 1 aliphatic carbocycles. The Bertz CT molecular complexity index is 1100. The van der Waals surface area contributed by atoms with E-state index in [1.54, 1.807) is 17.3 Å². The summed E-state index contributed by atoms with van der Waals surface area (Å²) in [6.45, 7) is 1.61. The first kappa shape index (κ1) is 24.1. The first-order valence-electron chi connectivity index (χ1n) is 12.0. The second kappa shape index (κ2) is 9.47. The van der Waals surface area contributed by atoms with Gasteiger partial charge in [-0.2, -0.15) is 0 Å². The van der Waals surface area contributed by atoms with Crippen molar-refractivity contribution < 1.29 is 27.8 Å². The van der Waals surface area contributed by atoms with Crippen LogP contribution in [-0.2, 0) is 9.59 Å². The molecular weight excluding hydrogens is 474 g/mol. The molecule has 1 atom stereocenters. The third kappa shape index (κ3) is 5.31. The molecule has 12 heteroatoms. The smallest absolute Gasteiger partial charge is 0.278 e. The molecule has 192 valence electrons. The maximum absolute atomic E-state index is 12.9. The lowest BCUT2D eigenvalue weighted by molar-refractivity contribution is -0.135. The summed E-state index contributed by atoms with van der Waals surface area (Å²) in [7, 11) is 1.87. The molecule has 2 saturated heterocycles. The van der Waals surface area contributed by atoms with Crippen LogP contribution < -0.4 is 19.3 Å². The Kier molecular flexibility index (Phi) is 6.35. The minimum Gasteiger partial charge on any atom is -0.479 e. The van der Waals surface area contributed by atoms with Crippen LogP contribution in [0.15, 0.2) is 30.7 Å². The number of alkyl halides is 2. The largest absolute Gasteiger partial charge is 0.479 e. The second-order valence-electron chi connectivity index (χ2n) is 9.60. The van der Waals surface area contributed by atoms with Gasteiger partial charge in [-0.3, -0.25) is 9.59 Å². The fourth-order valence-corrected chi connectivity index (χ4v) is 4.25. The van der Waals surface area contributed by atoms with Crippen molar-refractivity contribution in [3.8, 4) is 11.6 Å². The monoisotopic (exact) mass is 502 g/mol. The van der Waals surface area contributed by atoms with Crippen LogP contribution in [0.4, 0.5) is 20.4 Å². The minimum atomic E-state index is -2.96. The Balaban J connectivity index is 1.12. The summed E-state index contributed by atoms with van der Waals surface area (Å²) >= 11 is 0. The summed E-state index contributed by atoms with van der Waals surface area (Å²) in [5.74, 6) is -2.11. The van der Waals surface area contributed by atoms with E-state index in [1.807, 2.05) is 16.8 Å². The molecule has 0 unspecified atom stereocenters. The molecule has 2 aromatic rings. The van der Waals surface area contributed by atoms with Crippen LogP contribution in [0, 0.1) is 5.92 Å². The molecule has 2 amide bonds. The number of carbonyl (C=O) groups is 2. The summed E-state index contributed by atoms with van der Waals surface area (Å²) in [6.07, 6.45) is 6.48. The first-order chi connectivity index (χ1) is 17.2. The van der Waals surface area contributed by atoms with E-state index in [1.165, 1.54) is 18.3 Å². The number of rotatable bonds is 9. The van der Waals surface area contributed by atoms with Crippen LogP contribution >= 0.6 is 0 Å². The number of nitrogens with zero attached hydrogens (tertiary/aromatic N) is 6. The van der Waals surface area contributed by atoms with Gasteiger partial charge >= 0.3 is 0 Å². The Morgan fingerprint density at radius 3 is 2.47 bits per heavy atom. The van der Waals surface area contributed by atoms with Crippen molar-refractivity contribution in [2.24, 2.45) is 5.92 Å². The van der Waals surface area contributed by atoms with Crippen LogP contribution in [0.3, 0.4) is 0 Å². The molecule has 10 nitrogen and oxygen atoms in total. The molecule has 36 heavy (non-hydrogen) atoms. The van der Waals surface area contributed by atoms with Crippen LogP contribution in [0.25, 0.3) is 0 Å². The predicted molar refractivity (Wildman–Crippen MR) is 125 cm³/mol. The van der Waals surface area contributed by atoms with Gasteiger partial charge in [0.1, 0.15) is 5.75 Å². The van der Waals surface area contributed by atoms with Gasteiger partial charge < -0.3 is 24.2 Å². The van der Waals surface area contributed by atoms with Crippen LogP contribution in [0.5, 0.6) is 11.6 Å². The quantitative estimate of drug-likeness (QED) is 0.514. The van der Waals surface area contributed by atoms with E-state index in [9.17, 15) is 18.4 Å². The average molecular weight is 503 g/mol. The molecule has 3 aliphatic rings. The molecule has 0 aromatic carbocycles. The summed E-state index contributed by atoms with van der Waals surface area (Å²) < 4.78 is 36.5. The molecule has 2 aromatic heterocycles. The van der Waals surface area contributed by atoms with Gasteiger partial charge in [-0.15, -0.1) is 0 Å². The number of aromatic nitrogens is 3. The Morgan fingerprint density at radius 1 is 1.14 bits per heavy atom. The highest BCUT2D eigenvalue weighted by Gasteiger charge is 2.40. The number of carbonyl (C=O) groups excluding carboxylic acids is 2. The zero-order chi connectivity index (χ0) is 25.4. The molecule has 5 rings (SSSR count). The van der Waals surface area contributed by atoms with E-state index < -0.39 is 18.6 Å². The van der Waals surface area contributed by atoms with E-state index >= 15 is 0 Å². The van der Waals surface area contributed by atoms with Gasteiger partial charge in [0, 0.05) is 52.1 Å². The number of pyridine rings is 1. The van der Waals surface area contributed by atoms with Crippen molar-refractivity contribution >= 4 is 23.5 Å². The molecule has 1 saturated carbocycles. The number of hydrogen-bond donors (Lipinski definition) is 0. The van der Waals surface area contributed by atoms with Gasteiger partial charge in [0.25, 0.3) is 11.8 Å². The van der Waals surface area contributed by atoms with Crippen molar-refractivity contribution in [1.29, 1.82) is 0 Å². The maximum Gasteiger partial charge on any atom is 0.278 e. The molecule has 3 fully saturated rings. The topological polar surface area (TPSA) is 101 Å². The van der Waals surface area contributed by atoms with Gasteiger partial charge in [-0.05, 0) is 18.9 Å². The van der Waals surface area contributed by atoms with Crippen molar-refractivity contribution in [3.63, 3.8) is 0 Å². The van der Waals surface area contributed by atoms with Crippen molar-refractivity contribution in [2.75, 3.05) is 43.1 Å². The minimum absolute atomic E-state index is 0.0281. The van der Waals surface area contributed by atoms with Crippen molar-refractivity contribution in [3.05, 3.63) is 30.7 Å². The lowest BCUT2D eigenvalue weighted by atomic mass is 9.99. The van der Waals surface area contributed by atoms with Gasteiger partial charge in [0.2, 0.25) is 17.7 Å². The van der Waals surface area contributed by atoms with E-state index in [0.717, 1.165) is 19.8 Å². The Morgan fingerprint density at radius 2 is 1.86 bits per heavy atom. The highest BCUT2D eigenvalue weighted by molar-refractivity contribution is 5.98. The zero-order valence-electron chi connectivity index (χ0n) is 20.1. The summed E-state index contributed by atoms with van der Waals surface area (Å²) in [4.78, 5) is 43.5. The lowest BCUT2D eigenvalue weighted by Crippen LogP contribution is -2.54. The third-order valence-corrected chi connectivity index (χ3v) is 6.51. The molecular formula is C24H28F2N6O4. The highest BCUT2D eigenvalue weighted by Crippen LogP contribution is 2.30. The summed E-state index contributed by atoms with van der Waals surface area (Å²) in [5.41, 5.74) is 0.568. The highest BCUT2D eigenvalue weighted by atomic mass is 19.3. The summed E-state index contributed by atoms with van der Waals surface area (Å²) in [5, 5.41) is 0. The van der Waals surface area contributed by atoms with Crippen LogP contribution in [-0.4, -0.2) is 83.0 Å². The number of anilines is 2. The van der Waals surface area contributed by atoms with Crippen molar-refractivity contribution in [2.45, 2.75) is 44.3 Å². The molecule has 0 spiro atoms. The molecule has 4 heterocycles. The summed E-state index contributed by atoms with van der Waals surface area (Å²) in [6, 6.07) is 3.35. The Hall–Kier alpha value is -3.57. The number of amides is 2. The van der Waals surface area contributed by atoms with Crippen molar-refractivity contribution in [1.82, 2.24) is 19.9 Å². The Labute approximate surface area is 207 Å². The molecule has 2 aliphatic heterocycles.